The first-order chi connectivity index (χ1) is 10.3. The number of nitro benzene ring substituents is 1. The van der Waals surface area contributed by atoms with Crippen molar-refractivity contribution in [3.05, 3.63) is 39.9 Å². The second-order valence-electron chi connectivity index (χ2n) is 5.66. The van der Waals surface area contributed by atoms with Crippen LogP contribution in [0.15, 0.2) is 24.3 Å². The molecule has 0 saturated carbocycles. The number of hydrogen-bond acceptors (Lipinski definition) is 5. The van der Waals surface area contributed by atoms with Crippen molar-refractivity contribution < 1.29 is 13.3 Å². The van der Waals surface area contributed by atoms with Crippen molar-refractivity contribution in [2.24, 2.45) is 0 Å². The molecule has 7 nitrogen and oxygen atoms in total. The predicted molar refractivity (Wildman–Crippen MR) is 84.0 cm³/mol. The highest BCUT2D eigenvalue weighted by molar-refractivity contribution is 7.88. The lowest BCUT2D eigenvalue weighted by Crippen LogP contribution is -2.46. The number of hydrogen-bond donors (Lipinski definition) is 1. The summed E-state index contributed by atoms with van der Waals surface area (Å²) in [4.78, 5) is 12.5. The first kappa shape index (κ1) is 16.9. The number of sulfonamides is 1. The van der Waals surface area contributed by atoms with Crippen LogP contribution >= 0.6 is 0 Å². The Hall–Kier alpha value is -1.51. The van der Waals surface area contributed by atoms with Crippen LogP contribution in [-0.2, 0) is 16.6 Å². The Labute approximate surface area is 130 Å². The van der Waals surface area contributed by atoms with Crippen molar-refractivity contribution in [1.29, 1.82) is 0 Å². The third kappa shape index (κ3) is 5.04. The van der Waals surface area contributed by atoms with Gasteiger partial charge in [-0.05, 0) is 24.9 Å². The lowest BCUT2D eigenvalue weighted by molar-refractivity contribution is -0.384. The Morgan fingerprint density at radius 2 is 2.00 bits per heavy atom. The van der Waals surface area contributed by atoms with E-state index in [1.54, 1.807) is 12.1 Å². The van der Waals surface area contributed by atoms with Gasteiger partial charge in [-0.2, -0.15) is 0 Å². The minimum atomic E-state index is -3.19. The summed E-state index contributed by atoms with van der Waals surface area (Å²) in [5, 5.41) is 10.7. The van der Waals surface area contributed by atoms with Crippen molar-refractivity contribution in [3.8, 4) is 0 Å². The van der Waals surface area contributed by atoms with Crippen LogP contribution < -0.4 is 4.72 Å². The maximum Gasteiger partial charge on any atom is 0.269 e. The molecule has 0 aromatic heterocycles. The second kappa shape index (κ2) is 7.17. The van der Waals surface area contributed by atoms with Crippen LogP contribution in [0.2, 0.25) is 0 Å². The van der Waals surface area contributed by atoms with Gasteiger partial charge in [0.05, 0.1) is 11.2 Å². The Morgan fingerprint density at radius 1 is 1.32 bits per heavy atom. The maximum absolute atomic E-state index is 11.2. The molecule has 8 heteroatoms. The fourth-order valence-electron chi connectivity index (χ4n) is 2.70. The van der Waals surface area contributed by atoms with Gasteiger partial charge in [-0.1, -0.05) is 18.6 Å². The molecular formula is C14H21N3O4S. The molecule has 2 rings (SSSR count). The van der Waals surface area contributed by atoms with Gasteiger partial charge in [0.15, 0.2) is 0 Å². The first-order valence-corrected chi connectivity index (χ1v) is 9.16. The summed E-state index contributed by atoms with van der Waals surface area (Å²) in [6.07, 6.45) is 4.29. The van der Waals surface area contributed by atoms with Crippen LogP contribution in [0.25, 0.3) is 0 Å². The molecular weight excluding hydrogens is 306 g/mol. The average Bonchev–Trinajstić information content (AvgIpc) is 2.46. The molecule has 1 aliphatic rings. The molecule has 1 aromatic carbocycles. The van der Waals surface area contributed by atoms with Crippen molar-refractivity contribution in [2.45, 2.75) is 31.8 Å². The topological polar surface area (TPSA) is 92.6 Å². The molecule has 1 atom stereocenters. The molecule has 1 fully saturated rings. The third-order valence-corrected chi connectivity index (χ3v) is 4.55. The largest absolute Gasteiger partial charge is 0.295 e. The van der Waals surface area contributed by atoms with Gasteiger partial charge >= 0.3 is 0 Å². The van der Waals surface area contributed by atoms with E-state index in [0.29, 0.717) is 13.1 Å². The van der Waals surface area contributed by atoms with E-state index in [-0.39, 0.29) is 11.7 Å². The van der Waals surface area contributed by atoms with Gasteiger partial charge in [0.1, 0.15) is 0 Å². The molecule has 0 amide bonds. The molecule has 0 unspecified atom stereocenters. The molecule has 1 aromatic rings. The minimum Gasteiger partial charge on any atom is -0.295 e. The van der Waals surface area contributed by atoms with Gasteiger partial charge in [-0.3, -0.25) is 15.0 Å². The Kier molecular flexibility index (Phi) is 5.49. The van der Waals surface area contributed by atoms with Gasteiger partial charge in [0, 0.05) is 31.3 Å². The van der Waals surface area contributed by atoms with Crippen LogP contribution in [-0.4, -0.2) is 43.6 Å². The summed E-state index contributed by atoms with van der Waals surface area (Å²) >= 11 is 0. The van der Waals surface area contributed by atoms with Crippen LogP contribution in [0.5, 0.6) is 0 Å². The quantitative estimate of drug-likeness (QED) is 0.631. The minimum absolute atomic E-state index is 0.0812. The van der Waals surface area contributed by atoms with Crippen molar-refractivity contribution in [3.63, 3.8) is 0 Å². The summed E-state index contributed by atoms with van der Waals surface area (Å²) in [6, 6.07) is 6.69. The highest BCUT2D eigenvalue weighted by Crippen LogP contribution is 2.20. The highest BCUT2D eigenvalue weighted by Gasteiger charge is 2.23. The second-order valence-corrected chi connectivity index (χ2v) is 7.50. The van der Waals surface area contributed by atoms with Gasteiger partial charge in [-0.25, -0.2) is 13.1 Å². The maximum atomic E-state index is 11.2. The van der Waals surface area contributed by atoms with E-state index in [1.165, 1.54) is 12.1 Å². The van der Waals surface area contributed by atoms with E-state index >= 15 is 0 Å². The van der Waals surface area contributed by atoms with Crippen LogP contribution in [0, 0.1) is 10.1 Å². The summed E-state index contributed by atoms with van der Waals surface area (Å²) < 4.78 is 25.1. The molecule has 1 N–H and O–H groups in total. The molecule has 1 aliphatic heterocycles. The average molecular weight is 327 g/mol. The molecule has 122 valence electrons. The van der Waals surface area contributed by atoms with E-state index in [0.717, 1.165) is 37.6 Å². The van der Waals surface area contributed by atoms with Gasteiger partial charge in [0.2, 0.25) is 10.0 Å². The number of benzene rings is 1. The zero-order valence-corrected chi connectivity index (χ0v) is 13.4. The van der Waals surface area contributed by atoms with Crippen LogP contribution in [0.1, 0.15) is 24.8 Å². The van der Waals surface area contributed by atoms with E-state index in [2.05, 4.69) is 9.62 Å². The van der Waals surface area contributed by atoms with Crippen LogP contribution in [0.3, 0.4) is 0 Å². The summed E-state index contributed by atoms with van der Waals surface area (Å²) in [5.74, 6) is 0. The number of likely N-dealkylation sites (tertiary alicyclic amines) is 1. The summed E-state index contributed by atoms with van der Waals surface area (Å²) in [6.45, 7) is 1.99. The summed E-state index contributed by atoms with van der Waals surface area (Å²) in [7, 11) is -3.19. The molecule has 22 heavy (non-hydrogen) atoms. The fourth-order valence-corrected chi connectivity index (χ4v) is 3.20. The number of nitrogens with one attached hydrogen (secondary N) is 1. The van der Waals surface area contributed by atoms with Crippen molar-refractivity contribution in [1.82, 2.24) is 9.62 Å². The fraction of sp³-hybridized carbons (Fsp3) is 0.571. The molecule has 0 bridgehead atoms. The number of non-ortho nitro benzene ring substituents is 1. The van der Waals surface area contributed by atoms with Crippen molar-refractivity contribution in [2.75, 3.05) is 19.3 Å². The molecule has 0 radical (unpaired) electrons. The van der Waals surface area contributed by atoms with E-state index in [9.17, 15) is 18.5 Å². The zero-order chi connectivity index (χ0) is 16.2. The van der Waals surface area contributed by atoms with Gasteiger partial charge < -0.3 is 0 Å². The van der Waals surface area contributed by atoms with E-state index in [1.807, 2.05) is 0 Å². The third-order valence-electron chi connectivity index (χ3n) is 3.86. The zero-order valence-electron chi connectivity index (χ0n) is 12.6. The van der Waals surface area contributed by atoms with E-state index < -0.39 is 14.9 Å². The van der Waals surface area contributed by atoms with Crippen LogP contribution in [0.4, 0.5) is 5.69 Å². The SMILES string of the molecule is CS(=O)(=O)NC[C@@H]1CCCCN1Cc1ccc([N+](=O)[O-])cc1. The Morgan fingerprint density at radius 3 is 2.59 bits per heavy atom. The number of rotatable bonds is 6. The standard InChI is InChI=1S/C14H21N3O4S/c1-22(20,21)15-10-14-4-2-3-9-16(14)11-12-5-7-13(8-6-12)17(18)19/h5-8,14-15H,2-4,9-11H2,1H3/t14-/m0/s1. The lowest BCUT2D eigenvalue weighted by atomic mass is 10.0. The smallest absolute Gasteiger partial charge is 0.269 e. The predicted octanol–water partition coefficient (Wildman–Crippen LogP) is 1.50. The number of nitro groups is 1. The van der Waals surface area contributed by atoms with Gasteiger partial charge in [-0.15, -0.1) is 0 Å². The monoisotopic (exact) mass is 327 g/mol. The Bertz CT molecular complexity index is 615. The van der Waals surface area contributed by atoms with Crippen molar-refractivity contribution >= 4 is 15.7 Å². The molecule has 1 heterocycles. The lowest BCUT2D eigenvalue weighted by Gasteiger charge is -2.35. The van der Waals surface area contributed by atoms with E-state index in [4.69, 9.17) is 0 Å². The molecule has 1 saturated heterocycles. The molecule has 0 spiro atoms. The van der Waals surface area contributed by atoms with Gasteiger partial charge in [0.25, 0.3) is 5.69 Å². The summed E-state index contributed by atoms with van der Waals surface area (Å²) in [5.41, 5.74) is 1.08. The highest BCUT2D eigenvalue weighted by atomic mass is 32.2. The first-order valence-electron chi connectivity index (χ1n) is 7.27. The molecule has 0 aliphatic carbocycles. The number of piperidine rings is 1. The Balaban J connectivity index is 2.00. The normalized spacial score (nSPS) is 20.0. The number of nitrogens with zero attached hydrogens (tertiary/aromatic N) is 2.